The third kappa shape index (κ3) is 3.29. The van der Waals surface area contributed by atoms with Crippen LogP contribution in [0.2, 0.25) is 0 Å². The number of hydrogen-bond donors (Lipinski definition) is 0. The molecule has 0 fully saturated rings. The minimum Gasteiger partial charge on any atom is -0.249 e. The molecule has 0 radical (unpaired) electrons. The van der Waals surface area contributed by atoms with Gasteiger partial charge < -0.3 is 0 Å². The fourth-order valence-electron chi connectivity index (χ4n) is 0.662. The molecule has 12 heavy (non-hydrogen) atoms. The molecule has 1 aromatic heterocycles. The van der Waals surface area contributed by atoms with Crippen molar-refractivity contribution in [3.8, 4) is 12.3 Å². The van der Waals surface area contributed by atoms with E-state index in [1.54, 1.807) is 18.0 Å². The maximum absolute atomic E-state index is 5.13. The molecule has 1 nitrogen and oxygen atoms in total. The predicted octanol–water partition coefficient (Wildman–Crippen LogP) is 2.96. The molecule has 0 aliphatic heterocycles. The van der Waals surface area contributed by atoms with E-state index in [4.69, 9.17) is 6.42 Å². The summed E-state index contributed by atoms with van der Waals surface area (Å²) in [5.41, 5.74) is 0. The van der Waals surface area contributed by atoms with Crippen molar-refractivity contribution in [3.05, 3.63) is 22.8 Å². The Morgan fingerprint density at radius 3 is 3.00 bits per heavy atom. The van der Waals surface area contributed by atoms with Crippen molar-refractivity contribution in [1.82, 2.24) is 4.98 Å². The molecule has 1 heterocycles. The Labute approximate surface area is 85.1 Å². The molecule has 0 unspecified atom stereocenters. The zero-order valence-electron chi connectivity index (χ0n) is 6.46. The Kier molecular flexibility index (Phi) is 4.20. The number of rotatable bonds is 3. The van der Waals surface area contributed by atoms with Crippen molar-refractivity contribution in [2.75, 3.05) is 5.75 Å². The van der Waals surface area contributed by atoms with Gasteiger partial charge in [0.15, 0.2) is 0 Å². The Morgan fingerprint density at radius 2 is 2.42 bits per heavy atom. The second-order valence-corrected chi connectivity index (χ2v) is 4.15. The Bertz CT molecular complexity index is 276. The maximum Gasteiger partial charge on any atom is 0.0960 e. The molecule has 62 valence electrons. The van der Waals surface area contributed by atoms with E-state index in [0.717, 1.165) is 21.7 Å². The molecule has 1 rings (SSSR count). The Morgan fingerprint density at radius 1 is 1.58 bits per heavy atom. The van der Waals surface area contributed by atoms with Crippen LogP contribution in [0.1, 0.15) is 6.42 Å². The van der Waals surface area contributed by atoms with Gasteiger partial charge in [-0.15, -0.1) is 24.1 Å². The normalized spacial score (nSPS) is 9.33. The van der Waals surface area contributed by atoms with Crippen LogP contribution in [0.15, 0.2) is 27.8 Å². The molecule has 0 saturated heterocycles. The van der Waals surface area contributed by atoms with Crippen molar-refractivity contribution in [2.24, 2.45) is 0 Å². The third-order valence-electron chi connectivity index (χ3n) is 1.20. The summed E-state index contributed by atoms with van der Waals surface area (Å²) in [4.78, 5) is 4.20. The quantitative estimate of drug-likeness (QED) is 0.459. The van der Waals surface area contributed by atoms with Crippen LogP contribution in [0.4, 0.5) is 0 Å². The fourth-order valence-corrected chi connectivity index (χ4v) is 1.62. The van der Waals surface area contributed by atoms with E-state index in [1.165, 1.54) is 0 Å². The summed E-state index contributed by atoms with van der Waals surface area (Å²) < 4.78 is 1.00. The summed E-state index contributed by atoms with van der Waals surface area (Å²) in [6, 6.07) is 3.95. The molecule has 0 saturated carbocycles. The van der Waals surface area contributed by atoms with Crippen LogP contribution >= 0.6 is 27.7 Å². The maximum atomic E-state index is 5.13. The lowest BCUT2D eigenvalue weighted by molar-refractivity contribution is 1.12. The average molecular weight is 242 g/mol. The van der Waals surface area contributed by atoms with E-state index in [1.807, 2.05) is 12.1 Å². The molecule has 0 aliphatic carbocycles. The zero-order chi connectivity index (χ0) is 8.81. The summed E-state index contributed by atoms with van der Waals surface area (Å²) >= 11 is 5.00. The second kappa shape index (κ2) is 5.23. The number of halogens is 1. The number of pyridine rings is 1. The van der Waals surface area contributed by atoms with Crippen LogP contribution in [-0.2, 0) is 0 Å². The third-order valence-corrected chi connectivity index (χ3v) is 2.61. The van der Waals surface area contributed by atoms with Gasteiger partial charge in [-0.25, -0.2) is 4.98 Å². The summed E-state index contributed by atoms with van der Waals surface area (Å²) in [7, 11) is 0. The van der Waals surface area contributed by atoms with Crippen molar-refractivity contribution in [1.29, 1.82) is 0 Å². The van der Waals surface area contributed by atoms with Crippen molar-refractivity contribution in [3.63, 3.8) is 0 Å². The van der Waals surface area contributed by atoms with Crippen LogP contribution in [0.25, 0.3) is 0 Å². The highest BCUT2D eigenvalue weighted by molar-refractivity contribution is 9.10. The van der Waals surface area contributed by atoms with Gasteiger partial charge in [-0.05, 0) is 28.1 Å². The minimum atomic E-state index is 0.794. The molecule has 0 amide bonds. The molecule has 0 aromatic carbocycles. The highest BCUT2D eigenvalue weighted by Crippen LogP contribution is 2.17. The topological polar surface area (TPSA) is 12.9 Å². The lowest BCUT2D eigenvalue weighted by Gasteiger charge is -1.96. The molecule has 0 bridgehead atoms. The van der Waals surface area contributed by atoms with Crippen LogP contribution in [0, 0.1) is 12.3 Å². The highest BCUT2D eigenvalue weighted by Gasteiger charge is 1.93. The summed E-state index contributed by atoms with van der Waals surface area (Å²) in [6.07, 6.45) is 7.71. The van der Waals surface area contributed by atoms with Gasteiger partial charge in [-0.3, -0.25) is 0 Å². The first-order valence-electron chi connectivity index (χ1n) is 3.51. The standard InChI is InChI=1S/C9H8BrNS/c1-2-3-6-12-9-5-4-8(10)7-11-9/h1,4-5,7H,3,6H2. The van der Waals surface area contributed by atoms with E-state index in [2.05, 4.69) is 26.8 Å². The van der Waals surface area contributed by atoms with Gasteiger partial charge in [0.1, 0.15) is 0 Å². The fraction of sp³-hybridized carbons (Fsp3) is 0.222. The van der Waals surface area contributed by atoms with E-state index in [0.29, 0.717) is 0 Å². The summed E-state index contributed by atoms with van der Waals surface area (Å²) in [6.45, 7) is 0. The second-order valence-electron chi connectivity index (χ2n) is 2.12. The SMILES string of the molecule is C#CCCSc1ccc(Br)cn1. The van der Waals surface area contributed by atoms with Crippen LogP contribution in [0.5, 0.6) is 0 Å². The largest absolute Gasteiger partial charge is 0.249 e. The van der Waals surface area contributed by atoms with Gasteiger partial charge in [0, 0.05) is 22.8 Å². The van der Waals surface area contributed by atoms with E-state index in [-0.39, 0.29) is 0 Å². The van der Waals surface area contributed by atoms with E-state index >= 15 is 0 Å². The predicted molar refractivity (Wildman–Crippen MR) is 56.1 cm³/mol. The molecule has 0 atom stereocenters. The van der Waals surface area contributed by atoms with Crippen molar-refractivity contribution < 1.29 is 0 Å². The van der Waals surface area contributed by atoms with Gasteiger partial charge >= 0.3 is 0 Å². The molecule has 3 heteroatoms. The Balaban J connectivity index is 2.43. The molecule has 1 aromatic rings. The number of terminal acetylenes is 1. The highest BCUT2D eigenvalue weighted by atomic mass is 79.9. The van der Waals surface area contributed by atoms with Crippen LogP contribution in [-0.4, -0.2) is 10.7 Å². The number of thioether (sulfide) groups is 1. The van der Waals surface area contributed by atoms with Gasteiger partial charge in [0.25, 0.3) is 0 Å². The molecular weight excluding hydrogens is 234 g/mol. The average Bonchev–Trinajstić information content (AvgIpc) is 2.09. The van der Waals surface area contributed by atoms with Gasteiger partial charge in [0.05, 0.1) is 5.03 Å². The van der Waals surface area contributed by atoms with Gasteiger partial charge in [-0.2, -0.15) is 0 Å². The van der Waals surface area contributed by atoms with E-state index in [9.17, 15) is 0 Å². The summed E-state index contributed by atoms with van der Waals surface area (Å²) in [5, 5.41) is 1.02. The van der Waals surface area contributed by atoms with Crippen molar-refractivity contribution >= 4 is 27.7 Å². The number of nitrogens with zero attached hydrogens (tertiary/aromatic N) is 1. The lowest BCUT2D eigenvalue weighted by atomic mass is 10.5. The molecule has 0 N–H and O–H groups in total. The molecule has 0 aliphatic rings. The number of hydrogen-bond acceptors (Lipinski definition) is 2. The minimum absolute atomic E-state index is 0.794. The Hall–Kier alpha value is -0.460. The summed E-state index contributed by atoms with van der Waals surface area (Å²) in [5.74, 6) is 3.53. The number of aromatic nitrogens is 1. The van der Waals surface area contributed by atoms with Gasteiger partial charge in [-0.1, -0.05) is 0 Å². The zero-order valence-corrected chi connectivity index (χ0v) is 8.86. The van der Waals surface area contributed by atoms with Crippen LogP contribution < -0.4 is 0 Å². The van der Waals surface area contributed by atoms with Crippen LogP contribution in [0.3, 0.4) is 0 Å². The first-order chi connectivity index (χ1) is 5.83. The van der Waals surface area contributed by atoms with Crippen molar-refractivity contribution in [2.45, 2.75) is 11.4 Å². The lowest BCUT2D eigenvalue weighted by Crippen LogP contribution is -1.80. The smallest absolute Gasteiger partial charge is 0.0960 e. The first-order valence-corrected chi connectivity index (χ1v) is 5.28. The monoisotopic (exact) mass is 241 g/mol. The van der Waals surface area contributed by atoms with Gasteiger partial charge in [0.2, 0.25) is 0 Å². The van der Waals surface area contributed by atoms with E-state index < -0.39 is 0 Å². The first kappa shape index (κ1) is 9.63. The molecular formula is C9H8BrNS. The molecule has 0 spiro atoms.